The number of hydrogen-bond donors (Lipinski definition) is 2. The molecule has 2 aromatic heterocycles. The molecule has 8 nitrogen and oxygen atoms in total. The number of amides is 1. The van der Waals surface area contributed by atoms with Crippen molar-refractivity contribution in [3.63, 3.8) is 0 Å². The number of H-pyrrole nitrogens is 1. The van der Waals surface area contributed by atoms with Crippen molar-refractivity contribution < 1.29 is 4.79 Å². The minimum atomic E-state index is -0.151. The Kier molecular flexibility index (Phi) is 4.38. The number of aromatic nitrogens is 6. The second-order valence-corrected chi connectivity index (χ2v) is 5.91. The second-order valence-electron chi connectivity index (χ2n) is 5.91. The van der Waals surface area contributed by atoms with Crippen LogP contribution in [0.15, 0.2) is 61.2 Å². The van der Waals surface area contributed by atoms with Gasteiger partial charge in [-0.1, -0.05) is 30.3 Å². The molecule has 0 fully saturated rings. The predicted molar refractivity (Wildman–Crippen MR) is 95.2 cm³/mol. The molecular formula is C18H17N7O. The third-order valence-electron chi connectivity index (χ3n) is 4.20. The van der Waals surface area contributed by atoms with E-state index in [2.05, 4.69) is 30.8 Å². The van der Waals surface area contributed by atoms with Crippen LogP contribution >= 0.6 is 0 Å². The average Bonchev–Trinajstić information content (AvgIpc) is 3.36. The molecule has 4 aromatic rings. The lowest BCUT2D eigenvalue weighted by atomic mass is 10.0. The van der Waals surface area contributed by atoms with Crippen LogP contribution in [0, 0.1) is 0 Å². The fraction of sp³-hybridized carbons (Fsp3) is 0.167. The van der Waals surface area contributed by atoms with Gasteiger partial charge in [0.05, 0.1) is 6.04 Å². The molecule has 0 spiro atoms. The molecule has 130 valence electrons. The third-order valence-corrected chi connectivity index (χ3v) is 4.20. The van der Waals surface area contributed by atoms with E-state index in [9.17, 15) is 4.79 Å². The maximum absolute atomic E-state index is 12.8. The summed E-state index contributed by atoms with van der Waals surface area (Å²) in [4.78, 5) is 16.7. The van der Waals surface area contributed by atoms with Crippen LogP contribution in [-0.2, 0) is 6.54 Å². The minimum absolute atomic E-state index is 0.138. The van der Waals surface area contributed by atoms with Gasteiger partial charge in [-0.25, -0.2) is 4.98 Å². The van der Waals surface area contributed by atoms with Gasteiger partial charge in [0.25, 0.3) is 5.91 Å². The van der Waals surface area contributed by atoms with E-state index < -0.39 is 0 Å². The zero-order chi connectivity index (χ0) is 17.8. The van der Waals surface area contributed by atoms with Gasteiger partial charge in [-0.3, -0.25) is 9.48 Å². The Bertz CT molecular complexity index is 995. The zero-order valence-corrected chi connectivity index (χ0v) is 13.9. The summed E-state index contributed by atoms with van der Waals surface area (Å²) in [6.45, 7) is 0.655. The summed E-state index contributed by atoms with van der Waals surface area (Å²) in [7, 11) is 0. The van der Waals surface area contributed by atoms with Crippen LogP contribution in [0.5, 0.6) is 0 Å². The topological polar surface area (TPSA) is 101 Å². The SMILES string of the molecule is O=C(N[C@H](CCn1cncn1)c1ccccc1)c1ccc2n[nH]nc2c1. The minimum Gasteiger partial charge on any atom is -0.345 e. The summed E-state index contributed by atoms with van der Waals surface area (Å²) in [6.07, 6.45) is 3.87. The molecule has 0 aliphatic carbocycles. The van der Waals surface area contributed by atoms with Gasteiger partial charge in [0, 0.05) is 12.1 Å². The Morgan fingerprint density at radius 1 is 1.12 bits per heavy atom. The molecule has 26 heavy (non-hydrogen) atoms. The van der Waals surface area contributed by atoms with Crippen LogP contribution in [0.1, 0.15) is 28.4 Å². The molecule has 8 heteroatoms. The molecule has 0 aliphatic heterocycles. The number of carbonyl (C=O) groups excluding carboxylic acids is 1. The molecule has 0 unspecified atom stereocenters. The number of nitrogens with zero attached hydrogens (tertiary/aromatic N) is 5. The molecule has 2 aromatic carbocycles. The van der Waals surface area contributed by atoms with Crippen LogP contribution in [0.25, 0.3) is 11.0 Å². The Balaban J connectivity index is 1.53. The van der Waals surface area contributed by atoms with Gasteiger partial charge >= 0.3 is 0 Å². The number of hydrogen-bond acceptors (Lipinski definition) is 5. The predicted octanol–water partition coefficient (Wildman–Crippen LogP) is 2.11. The van der Waals surface area contributed by atoms with E-state index in [4.69, 9.17) is 0 Å². The third kappa shape index (κ3) is 3.44. The van der Waals surface area contributed by atoms with Crippen LogP contribution in [0.3, 0.4) is 0 Å². The van der Waals surface area contributed by atoms with Crippen LogP contribution in [0.4, 0.5) is 0 Å². The summed E-state index contributed by atoms with van der Waals surface area (Å²) >= 11 is 0. The van der Waals surface area contributed by atoms with E-state index in [0.29, 0.717) is 24.0 Å². The largest absolute Gasteiger partial charge is 0.345 e. The summed E-state index contributed by atoms with van der Waals surface area (Å²) in [5.41, 5.74) is 2.99. The van der Waals surface area contributed by atoms with Gasteiger partial charge in [-0.15, -0.1) is 0 Å². The number of carbonyl (C=O) groups is 1. The Morgan fingerprint density at radius 3 is 2.77 bits per heavy atom. The molecule has 0 radical (unpaired) electrons. The first kappa shape index (κ1) is 15.9. The summed E-state index contributed by atoms with van der Waals surface area (Å²) in [6, 6.07) is 15.0. The van der Waals surface area contributed by atoms with Crippen molar-refractivity contribution in [2.45, 2.75) is 19.0 Å². The van der Waals surface area contributed by atoms with Gasteiger partial charge in [-0.05, 0) is 30.2 Å². The smallest absolute Gasteiger partial charge is 0.251 e. The van der Waals surface area contributed by atoms with Crippen molar-refractivity contribution in [1.82, 2.24) is 35.5 Å². The lowest BCUT2D eigenvalue weighted by molar-refractivity contribution is 0.0933. The molecule has 2 N–H and O–H groups in total. The molecule has 4 rings (SSSR count). The van der Waals surface area contributed by atoms with E-state index in [-0.39, 0.29) is 11.9 Å². The monoisotopic (exact) mass is 347 g/mol. The highest BCUT2D eigenvalue weighted by Crippen LogP contribution is 2.19. The number of benzene rings is 2. The number of rotatable bonds is 6. The zero-order valence-electron chi connectivity index (χ0n) is 13.9. The van der Waals surface area contributed by atoms with Crippen molar-refractivity contribution in [3.05, 3.63) is 72.3 Å². The lowest BCUT2D eigenvalue weighted by Crippen LogP contribution is -2.29. The molecule has 0 bridgehead atoms. The van der Waals surface area contributed by atoms with Crippen molar-refractivity contribution in [3.8, 4) is 0 Å². The normalized spacial score (nSPS) is 12.2. The van der Waals surface area contributed by atoms with E-state index in [1.54, 1.807) is 29.2 Å². The van der Waals surface area contributed by atoms with Gasteiger partial charge in [-0.2, -0.15) is 20.5 Å². The number of aromatic amines is 1. The van der Waals surface area contributed by atoms with E-state index >= 15 is 0 Å². The van der Waals surface area contributed by atoms with Crippen molar-refractivity contribution in [2.24, 2.45) is 0 Å². The standard InChI is InChI=1S/C18H17N7O/c26-18(14-6-7-16-17(10-14)23-24-22-16)21-15(13-4-2-1-3-5-13)8-9-25-12-19-11-20-25/h1-7,10-12,15H,8-9H2,(H,21,26)(H,22,23,24)/t15-/m1/s1. The molecule has 2 heterocycles. The summed E-state index contributed by atoms with van der Waals surface area (Å²) in [5, 5.41) is 17.8. The second kappa shape index (κ2) is 7.14. The molecular weight excluding hydrogens is 330 g/mol. The fourth-order valence-electron chi connectivity index (χ4n) is 2.84. The highest BCUT2D eigenvalue weighted by molar-refractivity contribution is 5.97. The molecule has 0 aliphatic rings. The summed E-state index contributed by atoms with van der Waals surface area (Å²) in [5.74, 6) is -0.151. The highest BCUT2D eigenvalue weighted by Gasteiger charge is 2.16. The van der Waals surface area contributed by atoms with Crippen molar-refractivity contribution in [2.75, 3.05) is 0 Å². The average molecular weight is 347 g/mol. The quantitative estimate of drug-likeness (QED) is 0.556. The Morgan fingerprint density at radius 2 is 1.96 bits per heavy atom. The van der Waals surface area contributed by atoms with Gasteiger partial charge in [0.1, 0.15) is 23.7 Å². The number of fused-ring (bicyclic) bond motifs is 1. The lowest BCUT2D eigenvalue weighted by Gasteiger charge is -2.19. The first-order valence-electron chi connectivity index (χ1n) is 8.28. The van der Waals surface area contributed by atoms with Gasteiger partial charge in [0.15, 0.2) is 0 Å². The molecule has 0 saturated carbocycles. The Labute approximate surface area is 149 Å². The maximum atomic E-state index is 12.8. The summed E-state index contributed by atoms with van der Waals surface area (Å²) < 4.78 is 1.75. The Hall–Kier alpha value is -3.55. The highest BCUT2D eigenvalue weighted by atomic mass is 16.1. The molecule has 1 atom stereocenters. The first-order valence-corrected chi connectivity index (χ1v) is 8.28. The number of aryl methyl sites for hydroxylation is 1. The van der Waals surface area contributed by atoms with Crippen LogP contribution in [0.2, 0.25) is 0 Å². The fourth-order valence-corrected chi connectivity index (χ4v) is 2.84. The van der Waals surface area contributed by atoms with E-state index in [1.807, 2.05) is 30.3 Å². The maximum Gasteiger partial charge on any atom is 0.251 e. The van der Waals surface area contributed by atoms with Crippen LogP contribution < -0.4 is 5.32 Å². The van der Waals surface area contributed by atoms with E-state index in [0.717, 1.165) is 11.1 Å². The molecule has 0 saturated heterocycles. The molecule has 1 amide bonds. The number of nitrogens with one attached hydrogen (secondary N) is 2. The van der Waals surface area contributed by atoms with Crippen LogP contribution in [-0.4, -0.2) is 36.1 Å². The van der Waals surface area contributed by atoms with Crippen molar-refractivity contribution >= 4 is 16.9 Å². The van der Waals surface area contributed by atoms with E-state index in [1.165, 1.54) is 6.33 Å². The van der Waals surface area contributed by atoms with Gasteiger partial charge in [0.2, 0.25) is 0 Å². The first-order chi connectivity index (χ1) is 12.8. The van der Waals surface area contributed by atoms with Crippen molar-refractivity contribution in [1.29, 1.82) is 0 Å². The van der Waals surface area contributed by atoms with Gasteiger partial charge < -0.3 is 5.32 Å².